The number of esters is 1. The lowest BCUT2D eigenvalue weighted by Crippen LogP contribution is -2.27. The van der Waals surface area contributed by atoms with Crippen molar-refractivity contribution in [3.8, 4) is 11.5 Å². The Hall–Kier alpha value is -1.69. The second kappa shape index (κ2) is 5.83. The molecule has 0 bridgehead atoms. The van der Waals surface area contributed by atoms with Crippen LogP contribution in [0, 0.1) is 5.92 Å². The Morgan fingerprint density at radius 1 is 1.32 bits per heavy atom. The van der Waals surface area contributed by atoms with Crippen molar-refractivity contribution in [2.75, 3.05) is 13.9 Å². The normalized spacial score (nSPS) is 23.2. The average Bonchev–Trinajstić information content (AvgIpc) is 2.90. The molecule has 3 rings (SSSR count). The Morgan fingerprint density at radius 3 is 2.64 bits per heavy atom. The third kappa shape index (κ3) is 2.56. The van der Waals surface area contributed by atoms with Gasteiger partial charge in [-0.25, -0.2) is 0 Å². The van der Waals surface area contributed by atoms with E-state index in [1.807, 2.05) is 19.9 Å². The molecule has 1 aromatic rings. The molecular weight excluding hydrogens is 304 g/mol. The zero-order valence-electron chi connectivity index (χ0n) is 12.8. The van der Waals surface area contributed by atoms with Gasteiger partial charge in [0.05, 0.1) is 12.4 Å². The Labute approximate surface area is 133 Å². The molecule has 0 saturated carbocycles. The van der Waals surface area contributed by atoms with Crippen molar-refractivity contribution in [2.45, 2.75) is 30.8 Å². The number of thioether (sulfide) groups is 1. The van der Waals surface area contributed by atoms with Crippen LogP contribution < -0.4 is 9.47 Å². The van der Waals surface area contributed by atoms with E-state index in [1.165, 1.54) is 18.9 Å². The van der Waals surface area contributed by atoms with Crippen molar-refractivity contribution >= 4 is 23.5 Å². The van der Waals surface area contributed by atoms with E-state index in [9.17, 15) is 9.59 Å². The van der Waals surface area contributed by atoms with Gasteiger partial charge in [0.25, 0.3) is 0 Å². The van der Waals surface area contributed by atoms with Crippen molar-refractivity contribution in [3.05, 3.63) is 23.3 Å². The van der Waals surface area contributed by atoms with Gasteiger partial charge in [0.1, 0.15) is 5.25 Å². The van der Waals surface area contributed by atoms with Crippen LogP contribution in [0.1, 0.15) is 29.8 Å². The topological polar surface area (TPSA) is 61.8 Å². The lowest BCUT2D eigenvalue weighted by Gasteiger charge is -2.20. The van der Waals surface area contributed by atoms with E-state index in [4.69, 9.17) is 14.2 Å². The van der Waals surface area contributed by atoms with Gasteiger partial charge in [-0.3, -0.25) is 9.59 Å². The van der Waals surface area contributed by atoms with Crippen LogP contribution >= 0.6 is 11.8 Å². The third-order valence-electron chi connectivity index (χ3n) is 3.91. The molecule has 0 fully saturated rings. The average molecular weight is 322 g/mol. The number of hydrogen-bond donors (Lipinski definition) is 0. The summed E-state index contributed by atoms with van der Waals surface area (Å²) in [5.41, 5.74) is 1.45. The molecule has 0 radical (unpaired) electrons. The first-order valence-corrected chi connectivity index (χ1v) is 8.15. The molecule has 0 saturated heterocycles. The third-order valence-corrected chi connectivity index (χ3v) is 5.65. The van der Waals surface area contributed by atoms with E-state index in [1.54, 1.807) is 6.07 Å². The zero-order valence-corrected chi connectivity index (χ0v) is 13.6. The van der Waals surface area contributed by atoms with Gasteiger partial charge < -0.3 is 14.2 Å². The van der Waals surface area contributed by atoms with Crippen molar-refractivity contribution < 1.29 is 23.8 Å². The van der Waals surface area contributed by atoms with Crippen LogP contribution in [-0.4, -0.2) is 36.2 Å². The van der Waals surface area contributed by atoms with Crippen molar-refractivity contribution in [1.82, 2.24) is 0 Å². The maximum atomic E-state index is 12.9. The van der Waals surface area contributed by atoms with E-state index in [2.05, 4.69) is 0 Å². The van der Waals surface area contributed by atoms with Crippen molar-refractivity contribution in [1.29, 1.82) is 0 Å². The fourth-order valence-electron chi connectivity index (χ4n) is 2.75. The number of rotatable bonds is 2. The maximum Gasteiger partial charge on any atom is 0.319 e. The molecule has 2 aliphatic heterocycles. The summed E-state index contributed by atoms with van der Waals surface area (Å²) in [6.07, 6.45) is 0.457. The Bertz CT molecular complexity index is 625. The molecule has 0 spiro atoms. The van der Waals surface area contributed by atoms with Crippen molar-refractivity contribution in [2.24, 2.45) is 5.92 Å². The van der Waals surface area contributed by atoms with Crippen molar-refractivity contribution in [3.63, 3.8) is 0 Å². The first-order valence-electron chi connectivity index (χ1n) is 7.21. The smallest absolute Gasteiger partial charge is 0.319 e. The SMILES string of the molecule is COC(=O)[C@H]1Cc2cc3c(cc2C(=O)[C@H](C(C)C)S1)OCO3. The summed E-state index contributed by atoms with van der Waals surface area (Å²) in [6, 6.07) is 3.56. The first-order chi connectivity index (χ1) is 10.5. The minimum absolute atomic E-state index is 0.0414. The highest BCUT2D eigenvalue weighted by Gasteiger charge is 2.37. The van der Waals surface area contributed by atoms with E-state index < -0.39 is 0 Å². The quantitative estimate of drug-likeness (QED) is 0.780. The highest BCUT2D eigenvalue weighted by molar-refractivity contribution is 8.02. The monoisotopic (exact) mass is 322 g/mol. The molecule has 0 aromatic heterocycles. The number of methoxy groups -OCH3 is 1. The standard InChI is InChI=1S/C16H18O5S/c1-8(2)15-14(17)10-6-12-11(20-7-21-12)4-9(10)5-13(22-15)16(18)19-3/h4,6,8,13,15H,5,7H2,1-3H3/t13-,15+/m1/s1. The van der Waals surface area contributed by atoms with Crippen LogP contribution in [0.15, 0.2) is 12.1 Å². The van der Waals surface area contributed by atoms with Gasteiger partial charge in [-0.15, -0.1) is 11.8 Å². The Kier molecular flexibility index (Phi) is 4.04. The van der Waals surface area contributed by atoms with Gasteiger partial charge >= 0.3 is 5.97 Å². The van der Waals surface area contributed by atoms with Crippen LogP contribution in [-0.2, 0) is 16.0 Å². The summed E-state index contributed by atoms with van der Waals surface area (Å²) in [5.74, 6) is 1.09. The second-order valence-corrected chi connectivity index (χ2v) is 7.09. The molecule has 5 nitrogen and oxygen atoms in total. The summed E-state index contributed by atoms with van der Waals surface area (Å²) >= 11 is 1.39. The summed E-state index contributed by atoms with van der Waals surface area (Å²) in [6.45, 7) is 4.14. The maximum absolute atomic E-state index is 12.9. The predicted octanol–water partition coefficient (Wildman–Crippen LogP) is 2.45. The number of fused-ring (bicyclic) bond motifs is 2. The fraction of sp³-hybridized carbons (Fsp3) is 0.500. The van der Waals surface area contributed by atoms with E-state index >= 15 is 0 Å². The zero-order chi connectivity index (χ0) is 15.9. The lowest BCUT2D eigenvalue weighted by molar-refractivity contribution is -0.139. The van der Waals surface area contributed by atoms with E-state index in [0.29, 0.717) is 23.5 Å². The molecule has 0 amide bonds. The molecule has 0 unspecified atom stereocenters. The Morgan fingerprint density at radius 2 is 2.00 bits per heavy atom. The highest BCUT2D eigenvalue weighted by atomic mass is 32.2. The van der Waals surface area contributed by atoms with Gasteiger partial charge in [-0.2, -0.15) is 0 Å². The summed E-state index contributed by atoms with van der Waals surface area (Å²) in [4.78, 5) is 24.9. The molecule has 118 valence electrons. The lowest BCUT2D eigenvalue weighted by atomic mass is 9.94. The van der Waals surface area contributed by atoms with Gasteiger partial charge in [0.2, 0.25) is 6.79 Å². The molecule has 2 heterocycles. The first kappa shape index (κ1) is 15.2. The number of carbonyl (C=O) groups is 2. The predicted molar refractivity (Wildman–Crippen MR) is 82.6 cm³/mol. The number of hydrogen-bond acceptors (Lipinski definition) is 6. The van der Waals surface area contributed by atoms with E-state index in [-0.39, 0.29) is 35.0 Å². The van der Waals surface area contributed by atoms with Gasteiger partial charge in [-0.1, -0.05) is 13.8 Å². The van der Waals surface area contributed by atoms with Gasteiger partial charge in [0, 0.05) is 5.56 Å². The molecule has 0 N–H and O–H groups in total. The summed E-state index contributed by atoms with van der Waals surface area (Å²) < 4.78 is 15.6. The van der Waals surface area contributed by atoms with Crippen LogP contribution in [0.5, 0.6) is 11.5 Å². The summed E-state index contributed by atoms with van der Waals surface area (Å²) in [5, 5.41) is -0.659. The second-order valence-electron chi connectivity index (χ2n) is 5.74. The molecule has 1 aromatic carbocycles. The largest absolute Gasteiger partial charge is 0.468 e. The number of ether oxygens (including phenoxy) is 3. The highest BCUT2D eigenvalue weighted by Crippen LogP contribution is 2.41. The van der Waals surface area contributed by atoms with Crippen LogP contribution in [0.25, 0.3) is 0 Å². The minimum Gasteiger partial charge on any atom is -0.468 e. The van der Waals surface area contributed by atoms with Crippen LogP contribution in [0.2, 0.25) is 0 Å². The summed E-state index contributed by atoms with van der Waals surface area (Å²) in [7, 11) is 1.38. The fourth-order valence-corrected chi connectivity index (χ4v) is 4.15. The molecule has 2 aliphatic rings. The molecule has 2 atom stereocenters. The van der Waals surface area contributed by atoms with Gasteiger partial charge in [0.15, 0.2) is 17.3 Å². The molecule has 22 heavy (non-hydrogen) atoms. The van der Waals surface area contributed by atoms with Crippen LogP contribution in [0.3, 0.4) is 0 Å². The minimum atomic E-state index is -0.386. The van der Waals surface area contributed by atoms with Crippen LogP contribution in [0.4, 0.5) is 0 Å². The molecule has 0 aliphatic carbocycles. The number of carbonyl (C=O) groups excluding carboxylic acids is 2. The molecular formula is C16H18O5S. The number of benzene rings is 1. The number of Topliss-reactive ketones (excluding diaryl/α,β-unsaturated/α-hetero) is 1. The Balaban J connectivity index is 2.06. The van der Waals surface area contributed by atoms with E-state index in [0.717, 1.165) is 5.56 Å². The molecule has 6 heteroatoms. The van der Waals surface area contributed by atoms with Gasteiger partial charge in [-0.05, 0) is 30.0 Å². The number of ketones is 1.